The van der Waals surface area contributed by atoms with Crippen LogP contribution >= 0.6 is 0 Å². The van der Waals surface area contributed by atoms with Gasteiger partial charge in [0, 0.05) is 33.0 Å². The van der Waals surface area contributed by atoms with E-state index in [9.17, 15) is 14.4 Å². The number of ketones is 1. The summed E-state index contributed by atoms with van der Waals surface area (Å²) in [5, 5.41) is 5.61. The zero-order valence-corrected chi connectivity index (χ0v) is 11.6. The largest absolute Gasteiger partial charge is 0.353 e. The van der Waals surface area contributed by atoms with Gasteiger partial charge in [0.15, 0.2) is 0 Å². The molecule has 104 valence electrons. The maximum Gasteiger partial charge on any atom is 0.243 e. The van der Waals surface area contributed by atoms with Crippen LogP contribution in [-0.2, 0) is 14.4 Å². The van der Waals surface area contributed by atoms with Gasteiger partial charge >= 0.3 is 0 Å². The molecule has 0 saturated heterocycles. The molecule has 1 atom stereocenters. The number of nitrogens with zero attached hydrogens (tertiary/aromatic N) is 1. The molecule has 0 fully saturated rings. The lowest BCUT2D eigenvalue weighted by Crippen LogP contribution is -2.49. The molecule has 6 nitrogen and oxygen atoms in total. The van der Waals surface area contributed by atoms with Crippen molar-refractivity contribution < 1.29 is 14.4 Å². The minimum absolute atomic E-state index is 0.0492. The molecule has 2 N–H and O–H groups in total. The summed E-state index contributed by atoms with van der Waals surface area (Å²) in [5.74, 6) is -0.547. The Hall–Kier alpha value is -1.43. The maximum absolute atomic E-state index is 11.9. The molecule has 0 aromatic rings. The van der Waals surface area contributed by atoms with Gasteiger partial charge in [-0.3, -0.25) is 14.4 Å². The number of carbonyl (C=O) groups excluding carboxylic acids is 3. The van der Waals surface area contributed by atoms with Crippen molar-refractivity contribution >= 4 is 17.6 Å². The van der Waals surface area contributed by atoms with Crippen LogP contribution in [0.4, 0.5) is 0 Å². The molecule has 0 aromatic heterocycles. The number of rotatable bonds is 8. The van der Waals surface area contributed by atoms with Crippen LogP contribution in [0.2, 0.25) is 0 Å². The Labute approximate surface area is 108 Å². The fourth-order valence-electron chi connectivity index (χ4n) is 1.53. The van der Waals surface area contributed by atoms with E-state index in [0.717, 1.165) is 0 Å². The zero-order chi connectivity index (χ0) is 14.1. The van der Waals surface area contributed by atoms with Crippen LogP contribution in [0.1, 0.15) is 26.7 Å². The van der Waals surface area contributed by atoms with E-state index in [1.54, 1.807) is 21.0 Å². The van der Waals surface area contributed by atoms with Gasteiger partial charge in [-0.25, -0.2) is 0 Å². The second kappa shape index (κ2) is 8.63. The second-order valence-electron chi connectivity index (χ2n) is 4.17. The van der Waals surface area contributed by atoms with Gasteiger partial charge in [0.25, 0.3) is 0 Å². The van der Waals surface area contributed by atoms with E-state index in [2.05, 4.69) is 10.6 Å². The maximum atomic E-state index is 11.9. The second-order valence-corrected chi connectivity index (χ2v) is 4.17. The fourth-order valence-corrected chi connectivity index (χ4v) is 1.53. The molecule has 0 heterocycles. The topological polar surface area (TPSA) is 78.5 Å². The molecular weight excluding hydrogens is 234 g/mol. The molecule has 0 aromatic carbocycles. The summed E-state index contributed by atoms with van der Waals surface area (Å²) < 4.78 is 0. The van der Waals surface area contributed by atoms with Gasteiger partial charge in [-0.15, -0.1) is 0 Å². The number of Topliss-reactive ketones (excluding diaryl/α,β-unsaturated/α-hetero) is 1. The van der Waals surface area contributed by atoms with Crippen molar-refractivity contribution in [2.45, 2.75) is 32.7 Å². The van der Waals surface area contributed by atoms with Gasteiger partial charge < -0.3 is 15.5 Å². The van der Waals surface area contributed by atoms with Crippen molar-refractivity contribution in [2.24, 2.45) is 0 Å². The van der Waals surface area contributed by atoms with Crippen molar-refractivity contribution in [1.29, 1.82) is 0 Å². The first-order chi connectivity index (χ1) is 8.43. The Kier molecular flexibility index (Phi) is 7.94. The van der Waals surface area contributed by atoms with Gasteiger partial charge in [-0.1, -0.05) is 6.92 Å². The Morgan fingerprint density at radius 3 is 2.28 bits per heavy atom. The number of amides is 2. The zero-order valence-electron chi connectivity index (χ0n) is 11.6. The van der Waals surface area contributed by atoms with E-state index in [0.29, 0.717) is 19.5 Å². The normalized spacial score (nSPS) is 11.8. The lowest BCUT2D eigenvalue weighted by molar-refractivity contribution is -0.140. The molecular formula is C12H23N3O3. The summed E-state index contributed by atoms with van der Waals surface area (Å²) in [4.78, 5) is 36.0. The van der Waals surface area contributed by atoms with E-state index in [4.69, 9.17) is 0 Å². The summed E-state index contributed by atoms with van der Waals surface area (Å²) in [7, 11) is 3.34. The highest BCUT2D eigenvalue weighted by Gasteiger charge is 2.26. The van der Waals surface area contributed by atoms with Gasteiger partial charge in [-0.2, -0.15) is 0 Å². The first-order valence-electron chi connectivity index (χ1n) is 6.11. The third kappa shape index (κ3) is 5.77. The van der Waals surface area contributed by atoms with Crippen molar-refractivity contribution in [1.82, 2.24) is 15.5 Å². The first kappa shape index (κ1) is 16.6. The number of likely N-dealkylation sites (N-methyl/N-ethyl adjacent to an activating group) is 2. The molecule has 0 spiro atoms. The van der Waals surface area contributed by atoms with E-state index < -0.39 is 6.04 Å². The van der Waals surface area contributed by atoms with Crippen LogP contribution in [-0.4, -0.2) is 55.7 Å². The van der Waals surface area contributed by atoms with E-state index in [1.807, 2.05) is 0 Å². The van der Waals surface area contributed by atoms with Crippen LogP contribution in [0.25, 0.3) is 0 Å². The average molecular weight is 257 g/mol. The molecule has 0 aliphatic carbocycles. The molecule has 2 amide bonds. The van der Waals surface area contributed by atoms with E-state index in [-0.39, 0.29) is 24.0 Å². The quantitative estimate of drug-likeness (QED) is 0.577. The summed E-state index contributed by atoms with van der Waals surface area (Å²) >= 11 is 0. The summed E-state index contributed by atoms with van der Waals surface area (Å²) in [6.45, 7) is 4.25. The summed E-state index contributed by atoms with van der Waals surface area (Å²) in [6.07, 6.45) is 0.363. The van der Waals surface area contributed by atoms with Crippen molar-refractivity contribution in [3.63, 3.8) is 0 Å². The minimum atomic E-state index is -0.716. The predicted octanol–water partition coefficient (Wildman–Crippen LogP) is -0.462. The predicted molar refractivity (Wildman–Crippen MR) is 69.1 cm³/mol. The molecule has 0 bridgehead atoms. The van der Waals surface area contributed by atoms with E-state index >= 15 is 0 Å². The smallest absolute Gasteiger partial charge is 0.243 e. The standard InChI is InChI=1S/C12H23N3O3/c1-5-11(17)15(4)10(8-9(2)16)12(18)14-7-6-13-3/h10,13H,5-8H2,1-4H3,(H,14,18). The number of hydrogen-bond donors (Lipinski definition) is 2. The molecule has 0 rings (SSSR count). The lowest BCUT2D eigenvalue weighted by atomic mass is 10.1. The van der Waals surface area contributed by atoms with Gasteiger partial charge in [0.1, 0.15) is 11.8 Å². The van der Waals surface area contributed by atoms with Crippen molar-refractivity contribution in [3.05, 3.63) is 0 Å². The Balaban J connectivity index is 4.60. The first-order valence-corrected chi connectivity index (χ1v) is 6.11. The number of hydrogen-bond acceptors (Lipinski definition) is 4. The van der Waals surface area contributed by atoms with Crippen molar-refractivity contribution in [2.75, 3.05) is 27.2 Å². The Bertz CT molecular complexity index is 305. The molecule has 1 unspecified atom stereocenters. The lowest BCUT2D eigenvalue weighted by Gasteiger charge is -2.26. The van der Waals surface area contributed by atoms with Crippen LogP contribution in [0.5, 0.6) is 0 Å². The third-order valence-electron chi connectivity index (χ3n) is 2.62. The highest BCUT2D eigenvalue weighted by Crippen LogP contribution is 2.05. The third-order valence-corrected chi connectivity index (χ3v) is 2.62. The van der Waals surface area contributed by atoms with Crippen LogP contribution < -0.4 is 10.6 Å². The Morgan fingerprint density at radius 1 is 1.22 bits per heavy atom. The van der Waals surface area contributed by atoms with Crippen molar-refractivity contribution in [3.8, 4) is 0 Å². The van der Waals surface area contributed by atoms with Crippen LogP contribution in [0, 0.1) is 0 Å². The van der Waals surface area contributed by atoms with Crippen LogP contribution in [0.15, 0.2) is 0 Å². The number of carbonyl (C=O) groups is 3. The molecule has 0 aliphatic rings. The SMILES string of the molecule is CCC(=O)N(C)C(CC(C)=O)C(=O)NCCNC. The molecule has 0 saturated carbocycles. The molecule has 0 aliphatic heterocycles. The van der Waals surface area contributed by atoms with Gasteiger partial charge in [0.05, 0.1) is 0 Å². The molecule has 0 radical (unpaired) electrons. The molecule has 6 heteroatoms. The minimum Gasteiger partial charge on any atom is -0.353 e. The number of nitrogens with one attached hydrogen (secondary N) is 2. The fraction of sp³-hybridized carbons (Fsp3) is 0.750. The Morgan fingerprint density at radius 2 is 1.83 bits per heavy atom. The summed E-state index contributed by atoms with van der Waals surface area (Å²) in [5.41, 5.74) is 0. The van der Waals surface area contributed by atoms with Gasteiger partial charge in [0.2, 0.25) is 11.8 Å². The monoisotopic (exact) mass is 257 g/mol. The van der Waals surface area contributed by atoms with Crippen LogP contribution in [0.3, 0.4) is 0 Å². The molecule has 18 heavy (non-hydrogen) atoms. The van der Waals surface area contributed by atoms with E-state index in [1.165, 1.54) is 11.8 Å². The van der Waals surface area contributed by atoms with Gasteiger partial charge in [-0.05, 0) is 14.0 Å². The average Bonchev–Trinajstić information content (AvgIpc) is 2.34. The summed E-state index contributed by atoms with van der Waals surface area (Å²) in [6, 6.07) is -0.716. The highest BCUT2D eigenvalue weighted by molar-refractivity contribution is 5.91. The highest BCUT2D eigenvalue weighted by atomic mass is 16.2.